The van der Waals surface area contributed by atoms with E-state index in [2.05, 4.69) is 10.1 Å². The summed E-state index contributed by atoms with van der Waals surface area (Å²) in [6.45, 7) is 4.10. The first-order valence-electron chi connectivity index (χ1n) is 8.53. The van der Waals surface area contributed by atoms with Gasteiger partial charge in [0.05, 0.1) is 17.7 Å². The van der Waals surface area contributed by atoms with Crippen LogP contribution in [-0.4, -0.2) is 34.1 Å². The summed E-state index contributed by atoms with van der Waals surface area (Å²) in [6, 6.07) is 14.3. The Hall–Kier alpha value is -2.86. The van der Waals surface area contributed by atoms with Gasteiger partial charge in [-0.2, -0.15) is 4.98 Å². The van der Waals surface area contributed by atoms with Gasteiger partial charge in [-0.25, -0.2) is 0 Å². The zero-order valence-corrected chi connectivity index (χ0v) is 16.1. The van der Waals surface area contributed by atoms with Gasteiger partial charge in [0, 0.05) is 18.2 Å². The first-order valence-corrected chi connectivity index (χ1v) is 8.91. The number of rotatable bonds is 6. The maximum Gasteiger partial charge on any atom is 0.254 e. The van der Waals surface area contributed by atoms with Gasteiger partial charge in [-0.3, -0.25) is 4.79 Å². The highest BCUT2D eigenvalue weighted by Gasteiger charge is 2.17. The minimum atomic E-state index is -0.149. The summed E-state index contributed by atoms with van der Waals surface area (Å²) in [7, 11) is 1.68. The Bertz CT molecular complexity index is 922. The van der Waals surface area contributed by atoms with E-state index in [0.717, 1.165) is 5.75 Å². The van der Waals surface area contributed by atoms with E-state index < -0.39 is 0 Å². The Morgan fingerprint density at radius 2 is 1.89 bits per heavy atom. The Kier molecular flexibility index (Phi) is 5.76. The summed E-state index contributed by atoms with van der Waals surface area (Å²) in [6.07, 6.45) is 0.0825. The maximum atomic E-state index is 12.6. The van der Waals surface area contributed by atoms with Crippen LogP contribution in [0.3, 0.4) is 0 Å². The number of hydrogen-bond acceptors (Lipinski definition) is 5. The van der Waals surface area contributed by atoms with Crippen molar-refractivity contribution in [1.82, 2.24) is 15.0 Å². The second-order valence-electron chi connectivity index (χ2n) is 6.34. The van der Waals surface area contributed by atoms with Crippen molar-refractivity contribution < 1.29 is 14.1 Å². The molecule has 1 aromatic heterocycles. The number of carbonyl (C=O) groups excluding carboxylic acids is 1. The first kappa shape index (κ1) is 18.9. The minimum absolute atomic E-state index is 0.0825. The highest BCUT2D eigenvalue weighted by molar-refractivity contribution is 6.33. The van der Waals surface area contributed by atoms with E-state index in [9.17, 15) is 4.79 Å². The Morgan fingerprint density at radius 1 is 1.19 bits per heavy atom. The number of nitrogens with zero attached hydrogens (tertiary/aromatic N) is 3. The van der Waals surface area contributed by atoms with Crippen LogP contribution in [0.4, 0.5) is 0 Å². The predicted octanol–water partition coefficient (Wildman–Crippen LogP) is 4.45. The van der Waals surface area contributed by atoms with E-state index >= 15 is 0 Å². The molecular weight excluding hydrogens is 366 g/mol. The fraction of sp³-hybridized carbons (Fsp3) is 0.250. The molecule has 1 amide bonds. The van der Waals surface area contributed by atoms with Gasteiger partial charge in [-0.15, -0.1) is 0 Å². The standard InChI is InChI=1S/C20H20ClN3O3/c1-13(2)26-15-10-8-14(9-11-15)20(25)24(3)12-18-22-19(23-27-18)16-6-4-5-7-17(16)21/h4-11,13H,12H2,1-3H3. The van der Waals surface area contributed by atoms with Crippen molar-refractivity contribution in [1.29, 1.82) is 0 Å². The average molecular weight is 386 g/mol. The van der Waals surface area contributed by atoms with Crippen LogP contribution >= 0.6 is 11.6 Å². The summed E-state index contributed by atoms with van der Waals surface area (Å²) in [4.78, 5) is 18.4. The molecule has 0 saturated carbocycles. The lowest BCUT2D eigenvalue weighted by Crippen LogP contribution is -2.26. The second-order valence-corrected chi connectivity index (χ2v) is 6.75. The maximum absolute atomic E-state index is 12.6. The number of aromatic nitrogens is 2. The number of halogens is 1. The third-order valence-electron chi connectivity index (χ3n) is 3.78. The SMILES string of the molecule is CC(C)Oc1ccc(C(=O)N(C)Cc2nc(-c3ccccc3Cl)no2)cc1. The Labute approximate surface area is 162 Å². The van der Waals surface area contributed by atoms with Gasteiger partial charge in [0.25, 0.3) is 5.91 Å². The number of ether oxygens (including phenoxy) is 1. The molecule has 0 radical (unpaired) electrons. The van der Waals surface area contributed by atoms with Crippen LogP contribution in [-0.2, 0) is 6.54 Å². The van der Waals surface area contributed by atoms with Crippen molar-refractivity contribution >= 4 is 17.5 Å². The Balaban J connectivity index is 1.67. The zero-order chi connectivity index (χ0) is 19.4. The first-order chi connectivity index (χ1) is 12.9. The van der Waals surface area contributed by atoms with Gasteiger partial charge in [-0.05, 0) is 50.2 Å². The molecule has 7 heteroatoms. The summed E-state index contributed by atoms with van der Waals surface area (Å²) in [5.74, 6) is 1.31. The van der Waals surface area contributed by atoms with Gasteiger partial charge >= 0.3 is 0 Å². The molecule has 0 fully saturated rings. The number of hydrogen-bond donors (Lipinski definition) is 0. The monoisotopic (exact) mass is 385 g/mol. The van der Waals surface area contributed by atoms with Crippen LogP contribution in [0.5, 0.6) is 5.75 Å². The highest BCUT2D eigenvalue weighted by Crippen LogP contribution is 2.25. The molecule has 0 bridgehead atoms. The molecule has 27 heavy (non-hydrogen) atoms. The van der Waals surface area contributed by atoms with Gasteiger partial charge in [-0.1, -0.05) is 28.9 Å². The lowest BCUT2D eigenvalue weighted by Gasteiger charge is -2.15. The van der Waals surface area contributed by atoms with E-state index in [4.69, 9.17) is 20.9 Å². The normalized spacial score (nSPS) is 10.9. The van der Waals surface area contributed by atoms with Gasteiger partial charge in [0.15, 0.2) is 0 Å². The molecule has 0 atom stereocenters. The average Bonchev–Trinajstić information content (AvgIpc) is 3.10. The van der Waals surface area contributed by atoms with Crippen molar-refractivity contribution in [3.05, 3.63) is 65.0 Å². The van der Waals surface area contributed by atoms with Crippen LogP contribution in [0.1, 0.15) is 30.1 Å². The summed E-state index contributed by atoms with van der Waals surface area (Å²) >= 11 is 6.15. The molecular formula is C20H20ClN3O3. The molecule has 3 aromatic rings. The molecule has 0 aliphatic carbocycles. The van der Waals surface area contributed by atoms with Crippen LogP contribution in [0.25, 0.3) is 11.4 Å². The molecule has 3 rings (SSSR count). The van der Waals surface area contributed by atoms with E-state index in [1.54, 1.807) is 37.4 Å². The van der Waals surface area contributed by atoms with Crippen molar-refractivity contribution in [2.24, 2.45) is 0 Å². The second kappa shape index (κ2) is 8.22. The lowest BCUT2D eigenvalue weighted by molar-refractivity contribution is 0.0769. The number of carbonyl (C=O) groups is 1. The summed E-state index contributed by atoms with van der Waals surface area (Å²) < 4.78 is 10.9. The number of amides is 1. The van der Waals surface area contributed by atoms with E-state index in [1.165, 1.54) is 4.90 Å². The third-order valence-corrected chi connectivity index (χ3v) is 4.10. The molecule has 0 N–H and O–H groups in total. The van der Waals surface area contributed by atoms with Gasteiger partial charge < -0.3 is 14.2 Å². The molecule has 6 nitrogen and oxygen atoms in total. The minimum Gasteiger partial charge on any atom is -0.491 e. The molecule has 0 aliphatic heterocycles. The largest absolute Gasteiger partial charge is 0.491 e. The van der Waals surface area contributed by atoms with E-state index in [0.29, 0.717) is 27.9 Å². The molecule has 2 aromatic carbocycles. The number of benzene rings is 2. The van der Waals surface area contributed by atoms with Crippen LogP contribution in [0.2, 0.25) is 5.02 Å². The van der Waals surface area contributed by atoms with E-state index in [1.807, 2.05) is 32.0 Å². The fourth-order valence-corrected chi connectivity index (χ4v) is 2.73. The molecule has 1 heterocycles. The molecule has 140 valence electrons. The van der Waals surface area contributed by atoms with Crippen LogP contribution in [0.15, 0.2) is 53.1 Å². The summed E-state index contributed by atoms with van der Waals surface area (Å²) in [5.41, 5.74) is 1.24. The van der Waals surface area contributed by atoms with Crippen LogP contribution < -0.4 is 4.74 Å². The van der Waals surface area contributed by atoms with Crippen molar-refractivity contribution in [3.63, 3.8) is 0 Å². The predicted molar refractivity (Wildman–Crippen MR) is 103 cm³/mol. The quantitative estimate of drug-likeness (QED) is 0.627. The Morgan fingerprint density at radius 3 is 2.56 bits per heavy atom. The molecule has 0 aliphatic rings. The molecule has 0 spiro atoms. The lowest BCUT2D eigenvalue weighted by atomic mass is 10.2. The third kappa shape index (κ3) is 4.65. The molecule has 0 unspecified atom stereocenters. The molecule has 0 saturated heterocycles. The fourth-order valence-electron chi connectivity index (χ4n) is 2.51. The zero-order valence-electron chi connectivity index (χ0n) is 15.3. The van der Waals surface area contributed by atoms with Crippen molar-refractivity contribution in [2.45, 2.75) is 26.5 Å². The van der Waals surface area contributed by atoms with Crippen LogP contribution in [0, 0.1) is 0 Å². The van der Waals surface area contributed by atoms with E-state index in [-0.39, 0.29) is 18.6 Å². The van der Waals surface area contributed by atoms with Gasteiger partial charge in [0.1, 0.15) is 5.75 Å². The van der Waals surface area contributed by atoms with Crippen molar-refractivity contribution in [3.8, 4) is 17.1 Å². The highest BCUT2D eigenvalue weighted by atomic mass is 35.5. The smallest absolute Gasteiger partial charge is 0.254 e. The topological polar surface area (TPSA) is 68.5 Å². The van der Waals surface area contributed by atoms with Gasteiger partial charge in [0.2, 0.25) is 11.7 Å². The summed E-state index contributed by atoms with van der Waals surface area (Å²) in [5, 5.41) is 4.49. The van der Waals surface area contributed by atoms with Crippen molar-refractivity contribution in [2.75, 3.05) is 7.05 Å².